The van der Waals surface area contributed by atoms with E-state index in [1.807, 2.05) is 37.9 Å². The molecule has 0 bridgehead atoms. The summed E-state index contributed by atoms with van der Waals surface area (Å²) in [5.74, 6) is 0.227. The first kappa shape index (κ1) is 36.1. The number of benzene rings is 1. The van der Waals surface area contributed by atoms with Gasteiger partial charge in [-0.1, -0.05) is 27.5 Å². The minimum Gasteiger partial charge on any atom is -0.373 e. The molecule has 3 aliphatic rings. The maximum Gasteiger partial charge on any atom is 0.318 e. The number of piperidine rings is 2. The second-order valence-electron chi connectivity index (χ2n) is 14.5. The lowest BCUT2D eigenvalue weighted by atomic mass is 9.76. The van der Waals surface area contributed by atoms with Crippen molar-refractivity contribution in [1.82, 2.24) is 20.1 Å². The molecule has 3 heterocycles. The second-order valence-corrected chi connectivity index (χ2v) is 16.7. The fraction of sp³-hybridized carbons (Fsp3) is 0.600. The maximum absolute atomic E-state index is 13.5. The van der Waals surface area contributed by atoms with E-state index in [0.29, 0.717) is 25.4 Å². The first-order chi connectivity index (χ1) is 22.1. The van der Waals surface area contributed by atoms with Gasteiger partial charge in [0.1, 0.15) is 5.54 Å². The number of hydrogen-bond acceptors (Lipinski definition) is 5. The zero-order chi connectivity index (χ0) is 34.1. The van der Waals surface area contributed by atoms with Gasteiger partial charge in [0, 0.05) is 58.7 Å². The van der Waals surface area contributed by atoms with E-state index in [1.54, 1.807) is 11.8 Å². The first-order valence-electron chi connectivity index (χ1n) is 16.5. The third-order valence-electron chi connectivity index (χ3n) is 9.87. The number of aryl methyl sites for hydroxylation is 2. The summed E-state index contributed by atoms with van der Waals surface area (Å²) in [7, 11) is 0. The van der Waals surface area contributed by atoms with Crippen molar-refractivity contribution >= 4 is 61.3 Å². The van der Waals surface area contributed by atoms with Crippen LogP contribution in [0.15, 0.2) is 33.3 Å². The average Bonchev–Trinajstić information content (AvgIpc) is 3.17. The number of halogens is 3. The van der Waals surface area contributed by atoms with Crippen molar-refractivity contribution in [2.24, 2.45) is 17.6 Å². The van der Waals surface area contributed by atoms with Gasteiger partial charge in [0.05, 0.1) is 17.9 Å². The Morgan fingerprint density at radius 3 is 2.26 bits per heavy atom. The van der Waals surface area contributed by atoms with Crippen molar-refractivity contribution in [2.75, 3.05) is 32.8 Å². The van der Waals surface area contributed by atoms with Crippen molar-refractivity contribution in [1.29, 1.82) is 0 Å². The molecule has 9 nitrogen and oxygen atoms in total. The Morgan fingerprint density at radius 2 is 1.62 bits per heavy atom. The standard InChI is InChI=1S/C35H46Br2ClN5O4/c1-34(2,3)47-20-35(4,32(39)45)41-33(46)43-11-7-21(8-12-43)15-28(44)42-13-9-22(10-14-42)30-29-23(17-26(38)18-27(29)37)5-6-24-16-25(36)19-40-31(24)30/h16-19,21-22,30H,5-15,20H2,1-4H3,(H2,39,45)(H,41,46)/t30-,35+/m1/s1. The molecule has 0 spiro atoms. The van der Waals surface area contributed by atoms with Crippen LogP contribution in [0.25, 0.3) is 0 Å². The van der Waals surface area contributed by atoms with E-state index in [2.05, 4.69) is 49.3 Å². The third kappa shape index (κ3) is 8.69. The molecule has 256 valence electrons. The smallest absolute Gasteiger partial charge is 0.318 e. The highest BCUT2D eigenvalue weighted by molar-refractivity contribution is 9.10. The Kier molecular flexibility index (Phi) is 11.3. The molecule has 2 aliphatic heterocycles. The molecular weight excluding hydrogens is 750 g/mol. The van der Waals surface area contributed by atoms with Gasteiger partial charge in [0.2, 0.25) is 11.8 Å². The SMILES string of the molecule is CC(C)(C)OC[C@](C)(NC(=O)N1CCC(CC(=O)N2CCC([C@H]3c4ncc(Br)cc4CCc4cc(Cl)cc(Br)c43)CC2)CC1)C(N)=O. The summed E-state index contributed by atoms with van der Waals surface area (Å²) >= 11 is 13.9. The lowest BCUT2D eigenvalue weighted by molar-refractivity contribution is -0.134. The van der Waals surface area contributed by atoms with Crippen LogP contribution in [0.2, 0.25) is 5.02 Å². The van der Waals surface area contributed by atoms with E-state index in [1.165, 1.54) is 16.7 Å². The van der Waals surface area contributed by atoms with E-state index < -0.39 is 17.0 Å². The van der Waals surface area contributed by atoms with Gasteiger partial charge in [0.15, 0.2) is 0 Å². The van der Waals surface area contributed by atoms with Gasteiger partial charge in [-0.15, -0.1) is 0 Å². The Balaban J connectivity index is 1.16. The number of urea groups is 1. The summed E-state index contributed by atoms with van der Waals surface area (Å²) in [5.41, 5.74) is 8.78. The zero-order valence-electron chi connectivity index (χ0n) is 27.7. The monoisotopic (exact) mass is 793 g/mol. The van der Waals surface area contributed by atoms with Gasteiger partial charge < -0.3 is 25.6 Å². The summed E-state index contributed by atoms with van der Waals surface area (Å²) in [4.78, 5) is 47.4. The van der Waals surface area contributed by atoms with Gasteiger partial charge >= 0.3 is 6.03 Å². The number of hydrogen-bond donors (Lipinski definition) is 2. The van der Waals surface area contributed by atoms with Gasteiger partial charge in [-0.3, -0.25) is 14.6 Å². The Labute approximate surface area is 299 Å². The maximum atomic E-state index is 13.5. The molecule has 5 rings (SSSR count). The first-order valence-corrected chi connectivity index (χ1v) is 18.5. The number of nitrogens with zero attached hydrogens (tertiary/aromatic N) is 3. The van der Waals surface area contributed by atoms with E-state index >= 15 is 0 Å². The molecule has 2 fully saturated rings. The van der Waals surface area contributed by atoms with E-state index in [9.17, 15) is 14.4 Å². The van der Waals surface area contributed by atoms with Crippen molar-refractivity contribution in [2.45, 2.75) is 89.7 Å². The number of nitrogens with two attached hydrogens (primary N) is 1. The van der Waals surface area contributed by atoms with Gasteiger partial charge in [-0.25, -0.2) is 4.79 Å². The van der Waals surface area contributed by atoms with Crippen LogP contribution >= 0.6 is 43.5 Å². The number of amides is 4. The molecular formula is C35H46Br2ClN5O4. The summed E-state index contributed by atoms with van der Waals surface area (Å²) in [6.45, 7) is 9.69. The fourth-order valence-electron chi connectivity index (χ4n) is 7.07. The summed E-state index contributed by atoms with van der Waals surface area (Å²) in [6.07, 6.45) is 7.45. The van der Waals surface area contributed by atoms with Crippen molar-refractivity contribution < 1.29 is 19.1 Å². The minimum absolute atomic E-state index is 0.0150. The van der Waals surface area contributed by atoms with Crippen LogP contribution in [-0.2, 0) is 27.2 Å². The molecule has 0 saturated carbocycles. The van der Waals surface area contributed by atoms with Crippen molar-refractivity contribution in [3.63, 3.8) is 0 Å². The topological polar surface area (TPSA) is 118 Å². The van der Waals surface area contributed by atoms with Crippen LogP contribution < -0.4 is 11.1 Å². The molecule has 4 amide bonds. The van der Waals surface area contributed by atoms with Crippen LogP contribution in [-0.4, -0.2) is 76.6 Å². The zero-order valence-corrected chi connectivity index (χ0v) is 31.6. The third-order valence-corrected chi connectivity index (χ3v) is 11.2. The quantitative estimate of drug-likeness (QED) is 0.328. The molecule has 0 unspecified atom stereocenters. The molecule has 0 radical (unpaired) electrons. The number of carbonyl (C=O) groups is 3. The van der Waals surface area contributed by atoms with Crippen LogP contribution in [0.1, 0.15) is 88.1 Å². The number of ether oxygens (including phenoxy) is 1. The fourth-order valence-corrected chi connectivity index (χ4v) is 8.57. The average molecular weight is 796 g/mol. The Hall–Kier alpha value is -2.21. The Morgan fingerprint density at radius 1 is 0.979 bits per heavy atom. The van der Waals surface area contributed by atoms with E-state index in [-0.39, 0.29) is 30.4 Å². The molecule has 1 aliphatic carbocycles. The van der Waals surface area contributed by atoms with Gasteiger partial charge in [-0.05, 0) is 129 Å². The summed E-state index contributed by atoms with van der Waals surface area (Å²) in [5, 5.41) is 3.53. The van der Waals surface area contributed by atoms with Crippen molar-refractivity contribution in [3.05, 3.63) is 60.7 Å². The number of likely N-dealkylation sites (tertiary alicyclic amines) is 2. The largest absolute Gasteiger partial charge is 0.373 e. The number of primary amides is 1. The molecule has 47 heavy (non-hydrogen) atoms. The highest BCUT2D eigenvalue weighted by Crippen LogP contribution is 2.46. The van der Waals surface area contributed by atoms with Gasteiger partial charge in [0.25, 0.3) is 0 Å². The number of aromatic nitrogens is 1. The molecule has 3 N–H and O–H groups in total. The highest BCUT2D eigenvalue weighted by atomic mass is 79.9. The second kappa shape index (κ2) is 14.7. The number of carbonyl (C=O) groups excluding carboxylic acids is 3. The van der Waals surface area contributed by atoms with Crippen LogP contribution in [0.3, 0.4) is 0 Å². The predicted octanol–water partition coefficient (Wildman–Crippen LogP) is 6.60. The number of fused-ring (bicyclic) bond motifs is 2. The molecule has 1 aromatic carbocycles. The number of pyridine rings is 1. The normalized spacial score (nSPS) is 20.5. The van der Waals surface area contributed by atoms with E-state index in [4.69, 9.17) is 27.1 Å². The number of nitrogens with one attached hydrogen (secondary N) is 1. The lowest BCUT2D eigenvalue weighted by Crippen LogP contribution is -2.62. The van der Waals surface area contributed by atoms with Crippen LogP contribution in [0, 0.1) is 11.8 Å². The summed E-state index contributed by atoms with van der Waals surface area (Å²) < 4.78 is 7.78. The van der Waals surface area contributed by atoms with E-state index in [0.717, 1.165) is 71.3 Å². The molecule has 2 aromatic rings. The van der Waals surface area contributed by atoms with Crippen LogP contribution in [0.4, 0.5) is 4.79 Å². The van der Waals surface area contributed by atoms with Crippen LogP contribution in [0.5, 0.6) is 0 Å². The molecule has 12 heteroatoms. The number of rotatable bonds is 7. The predicted molar refractivity (Wildman–Crippen MR) is 190 cm³/mol. The lowest BCUT2D eigenvalue weighted by Gasteiger charge is -2.38. The molecule has 1 aromatic heterocycles. The Bertz CT molecular complexity index is 1500. The summed E-state index contributed by atoms with van der Waals surface area (Å²) in [6, 6.07) is 5.94. The highest BCUT2D eigenvalue weighted by Gasteiger charge is 2.39. The minimum atomic E-state index is -1.32. The molecule has 2 saturated heterocycles. The van der Waals surface area contributed by atoms with Crippen molar-refractivity contribution in [3.8, 4) is 0 Å². The van der Waals surface area contributed by atoms with Gasteiger partial charge in [-0.2, -0.15) is 0 Å². The molecule has 2 atom stereocenters.